The van der Waals surface area contributed by atoms with Crippen molar-refractivity contribution in [1.29, 1.82) is 0 Å². The molecular weight excluding hydrogens is 392 g/mol. The van der Waals surface area contributed by atoms with Crippen LogP contribution in [-0.2, 0) is 6.54 Å². The quantitative estimate of drug-likeness (QED) is 0.478. The van der Waals surface area contributed by atoms with Crippen molar-refractivity contribution in [3.05, 3.63) is 99.6 Å². The minimum absolute atomic E-state index is 0.114. The van der Waals surface area contributed by atoms with E-state index in [1.165, 1.54) is 0 Å². The van der Waals surface area contributed by atoms with E-state index in [2.05, 4.69) is 4.98 Å². The molecular formula is C25H20N2O4. The van der Waals surface area contributed by atoms with Gasteiger partial charge in [-0.2, -0.15) is 0 Å². The van der Waals surface area contributed by atoms with Crippen molar-refractivity contribution in [2.75, 3.05) is 13.2 Å². The average Bonchev–Trinajstić information content (AvgIpc) is 2.80. The second-order valence-corrected chi connectivity index (χ2v) is 7.47. The van der Waals surface area contributed by atoms with Gasteiger partial charge in [-0.05, 0) is 49.4 Å². The van der Waals surface area contributed by atoms with Crippen LogP contribution in [0.5, 0.6) is 11.5 Å². The number of carbonyl (C=O) groups excluding carboxylic acids is 1. The molecule has 0 atom stereocenters. The van der Waals surface area contributed by atoms with Gasteiger partial charge >= 0.3 is 0 Å². The molecule has 1 aliphatic rings. The number of hydrogen-bond donors (Lipinski definition) is 0. The highest BCUT2D eigenvalue weighted by molar-refractivity contribution is 6.10. The van der Waals surface area contributed by atoms with Crippen molar-refractivity contribution in [2.45, 2.75) is 13.5 Å². The Morgan fingerprint density at radius 2 is 1.81 bits per heavy atom. The number of benzene rings is 2. The molecule has 6 heteroatoms. The summed E-state index contributed by atoms with van der Waals surface area (Å²) in [7, 11) is 0. The first-order valence-corrected chi connectivity index (χ1v) is 10.1. The van der Waals surface area contributed by atoms with Gasteiger partial charge in [0.05, 0.1) is 23.3 Å². The molecule has 5 rings (SSSR count). The van der Waals surface area contributed by atoms with Crippen LogP contribution in [0, 0.1) is 6.92 Å². The van der Waals surface area contributed by atoms with Crippen molar-refractivity contribution >= 4 is 16.7 Å². The van der Waals surface area contributed by atoms with Gasteiger partial charge in [0.25, 0.3) is 0 Å². The molecule has 4 aromatic rings. The van der Waals surface area contributed by atoms with Gasteiger partial charge in [-0.3, -0.25) is 14.6 Å². The first kappa shape index (κ1) is 19.1. The lowest BCUT2D eigenvalue weighted by Gasteiger charge is -2.18. The van der Waals surface area contributed by atoms with Crippen molar-refractivity contribution in [3.63, 3.8) is 0 Å². The molecule has 0 spiro atoms. The minimum atomic E-state index is -0.348. The maximum Gasteiger partial charge on any atom is 0.200 e. The number of aryl methyl sites for hydroxylation is 1. The number of fused-ring (bicyclic) bond motifs is 2. The van der Waals surface area contributed by atoms with Crippen LogP contribution in [0.2, 0.25) is 0 Å². The van der Waals surface area contributed by atoms with Gasteiger partial charge in [-0.15, -0.1) is 0 Å². The summed E-state index contributed by atoms with van der Waals surface area (Å²) in [5.74, 6) is 0.769. The molecule has 0 saturated heterocycles. The Morgan fingerprint density at radius 3 is 2.65 bits per heavy atom. The van der Waals surface area contributed by atoms with E-state index in [1.807, 2.05) is 41.8 Å². The second kappa shape index (κ2) is 7.72. The molecule has 0 aliphatic carbocycles. The van der Waals surface area contributed by atoms with E-state index in [-0.39, 0.29) is 16.8 Å². The van der Waals surface area contributed by atoms with Crippen LogP contribution in [-0.4, -0.2) is 28.5 Å². The van der Waals surface area contributed by atoms with Crippen molar-refractivity contribution in [2.24, 2.45) is 0 Å². The summed E-state index contributed by atoms with van der Waals surface area (Å²) >= 11 is 0. The number of para-hydroxylation sites is 1. The zero-order valence-corrected chi connectivity index (χ0v) is 17.0. The molecule has 31 heavy (non-hydrogen) atoms. The number of hydrogen-bond acceptors (Lipinski definition) is 5. The Labute approximate surface area is 178 Å². The van der Waals surface area contributed by atoms with Crippen LogP contribution in [0.25, 0.3) is 10.9 Å². The monoisotopic (exact) mass is 412 g/mol. The lowest BCUT2D eigenvalue weighted by atomic mass is 10.0. The van der Waals surface area contributed by atoms with Crippen molar-refractivity contribution in [3.8, 4) is 11.5 Å². The van der Waals surface area contributed by atoms with E-state index in [0.29, 0.717) is 42.2 Å². The van der Waals surface area contributed by atoms with Crippen molar-refractivity contribution < 1.29 is 14.3 Å². The summed E-state index contributed by atoms with van der Waals surface area (Å²) in [6, 6.07) is 18.1. The average molecular weight is 412 g/mol. The van der Waals surface area contributed by atoms with E-state index in [9.17, 15) is 9.59 Å². The van der Waals surface area contributed by atoms with Crippen LogP contribution < -0.4 is 14.9 Å². The lowest BCUT2D eigenvalue weighted by molar-refractivity contribution is 0.103. The van der Waals surface area contributed by atoms with Crippen LogP contribution in [0.1, 0.15) is 27.3 Å². The first-order valence-electron chi connectivity index (χ1n) is 10.1. The lowest BCUT2D eigenvalue weighted by Crippen LogP contribution is -2.21. The first-order chi connectivity index (χ1) is 15.1. The molecule has 0 amide bonds. The highest BCUT2D eigenvalue weighted by Crippen LogP contribution is 2.31. The molecule has 0 saturated carbocycles. The summed E-state index contributed by atoms with van der Waals surface area (Å²) in [6.07, 6.45) is 1.63. The summed E-state index contributed by atoms with van der Waals surface area (Å²) in [5, 5.41) is 0.499. The molecule has 6 nitrogen and oxygen atoms in total. The molecule has 3 heterocycles. The van der Waals surface area contributed by atoms with Gasteiger partial charge in [0, 0.05) is 22.8 Å². The number of ketones is 1. The summed E-state index contributed by atoms with van der Waals surface area (Å²) in [4.78, 5) is 31.1. The number of nitrogens with zero attached hydrogens (tertiary/aromatic N) is 2. The fourth-order valence-electron chi connectivity index (χ4n) is 3.84. The van der Waals surface area contributed by atoms with Crippen LogP contribution in [0.4, 0.5) is 0 Å². The Morgan fingerprint density at radius 1 is 1.00 bits per heavy atom. The Bertz CT molecular complexity index is 1370. The molecule has 154 valence electrons. The number of carbonyl (C=O) groups is 1. The van der Waals surface area contributed by atoms with Crippen LogP contribution in [0.15, 0.2) is 71.7 Å². The fraction of sp³-hybridized carbons (Fsp3) is 0.160. The van der Waals surface area contributed by atoms with Crippen LogP contribution >= 0.6 is 0 Å². The highest BCUT2D eigenvalue weighted by Gasteiger charge is 2.20. The zero-order chi connectivity index (χ0) is 21.4. The summed E-state index contributed by atoms with van der Waals surface area (Å²) in [6.45, 7) is 3.29. The second-order valence-electron chi connectivity index (χ2n) is 7.47. The molecule has 2 aromatic heterocycles. The molecule has 0 fully saturated rings. The molecule has 0 bridgehead atoms. The van der Waals surface area contributed by atoms with Crippen molar-refractivity contribution in [1.82, 2.24) is 9.55 Å². The minimum Gasteiger partial charge on any atom is -0.486 e. The van der Waals surface area contributed by atoms with E-state index in [4.69, 9.17) is 9.47 Å². The van der Waals surface area contributed by atoms with E-state index < -0.39 is 0 Å². The third-order valence-corrected chi connectivity index (χ3v) is 5.31. The zero-order valence-electron chi connectivity index (χ0n) is 17.0. The smallest absolute Gasteiger partial charge is 0.200 e. The third kappa shape index (κ3) is 3.57. The maximum absolute atomic E-state index is 13.3. The maximum atomic E-state index is 13.3. The van der Waals surface area contributed by atoms with E-state index >= 15 is 0 Å². The van der Waals surface area contributed by atoms with Gasteiger partial charge in [0.2, 0.25) is 5.43 Å². The fourth-order valence-corrected chi connectivity index (χ4v) is 3.84. The van der Waals surface area contributed by atoms with Gasteiger partial charge in [-0.1, -0.05) is 18.2 Å². The van der Waals surface area contributed by atoms with Gasteiger partial charge in [0.1, 0.15) is 13.2 Å². The Balaban J connectivity index is 1.62. The summed E-state index contributed by atoms with van der Waals surface area (Å²) in [5.41, 5.74) is 2.74. The molecule has 0 N–H and O–H groups in total. The standard InChI is InChI=1S/C25H20N2O4/c1-16-5-4-6-18(26-16)14-27-15-20(25(29)19-7-2-3-8-21(19)27)24(28)17-9-10-22-23(13-17)31-12-11-30-22/h2-10,13,15H,11-12,14H2,1H3. The number of rotatable bonds is 4. The van der Waals surface area contributed by atoms with E-state index in [1.54, 1.807) is 36.5 Å². The predicted octanol–water partition coefficient (Wildman–Crippen LogP) is 3.76. The van der Waals surface area contributed by atoms with Gasteiger partial charge in [-0.25, -0.2) is 0 Å². The Kier molecular flexibility index (Phi) is 4.75. The molecule has 0 unspecified atom stereocenters. The van der Waals surface area contributed by atoms with Gasteiger partial charge in [0.15, 0.2) is 17.3 Å². The number of pyridine rings is 2. The third-order valence-electron chi connectivity index (χ3n) is 5.31. The topological polar surface area (TPSA) is 70.4 Å². The largest absolute Gasteiger partial charge is 0.486 e. The highest BCUT2D eigenvalue weighted by atomic mass is 16.6. The van der Waals surface area contributed by atoms with Crippen LogP contribution in [0.3, 0.4) is 0 Å². The SMILES string of the molecule is Cc1cccc(Cn2cc(C(=O)c3ccc4c(c3)OCCO4)c(=O)c3ccccc32)n1. The predicted molar refractivity (Wildman–Crippen MR) is 117 cm³/mol. The molecule has 0 radical (unpaired) electrons. The number of aromatic nitrogens is 2. The van der Waals surface area contributed by atoms with Gasteiger partial charge < -0.3 is 14.0 Å². The van der Waals surface area contributed by atoms with E-state index in [0.717, 1.165) is 16.9 Å². The molecule has 1 aliphatic heterocycles. The summed E-state index contributed by atoms with van der Waals surface area (Å²) < 4.78 is 13.0. The number of ether oxygens (including phenoxy) is 2. The normalized spacial score (nSPS) is 12.7. The molecule has 2 aromatic carbocycles. The Hall–Kier alpha value is -3.93.